The van der Waals surface area contributed by atoms with E-state index in [0.29, 0.717) is 5.69 Å². The van der Waals surface area contributed by atoms with Crippen molar-refractivity contribution in [1.29, 1.82) is 0 Å². The Morgan fingerprint density at radius 3 is 1.85 bits per heavy atom. The SMILES string of the molecule is [C-]#[N+]c1ccc(-c2nc3ccccc3c3c4ccccc4c4cc(-c5ccc6ccc7cccc8ccc5c6c78)ccc4c23)cc1. The minimum Gasteiger partial charge on any atom is -0.247 e. The molecule has 0 radical (unpaired) electrons. The molecule has 2 nitrogen and oxygen atoms in total. The molecule has 2 heteroatoms. The van der Waals surface area contributed by atoms with Crippen LogP contribution in [0.5, 0.6) is 0 Å². The van der Waals surface area contributed by atoms with Crippen LogP contribution in [0.2, 0.25) is 0 Å². The molecule has 0 aliphatic heterocycles. The van der Waals surface area contributed by atoms with Crippen molar-refractivity contribution in [3.63, 3.8) is 0 Å². The second-order valence-corrected chi connectivity index (χ2v) is 12.2. The third-order valence-corrected chi connectivity index (χ3v) is 9.78. The van der Waals surface area contributed by atoms with E-state index >= 15 is 0 Å². The predicted molar refractivity (Wildman–Crippen MR) is 195 cm³/mol. The van der Waals surface area contributed by atoms with Crippen molar-refractivity contribution in [3.05, 3.63) is 157 Å². The molecule has 0 N–H and O–H groups in total. The van der Waals surface area contributed by atoms with Crippen LogP contribution < -0.4 is 0 Å². The fraction of sp³-hybridized carbons (Fsp3) is 0. The van der Waals surface area contributed by atoms with Gasteiger partial charge >= 0.3 is 0 Å². The third kappa shape index (κ3) is 3.43. The summed E-state index contributed by atoms with van der Waals surface area (Å²) in [4.78, 5) is 8.90. The summed E-state index contributed by atoms with van der Waals surface area (Å²) in [6.45, 7) is 7.47. The number of pyridine rings is 1. The Morgan fingerprint density at radius 2 is 1.04 bits per heavy atom. The van der Waals surface area contributed by atoms with Crippen molar-refractivity contribution in [2.45, 2.75) is 0 Å². The largest absolute Gasteiger partial charge is 0.247 e. The van der Waals surface area contributed by atoms with Crippen LogP contribution in [0.4, 0.5) is 5.69 Å². The first-order valence-corrected chi connectivity index (χ1v) is 15.6. The van der Waals surface area contributed by atoms with E-state index in [1.165, 1.54) is 70.4 Å². The predicted octanol–water partition coefficient (Wildman–Crippen LogP) is 12.5. The van der Waals surface area contributed by atoms with Gasteiger partial charge in [-0.15, -0.1) is 0 Å². The molecule has 0 saturated carbocycles. The Morgan fingerprint density at radius 1 is 0.413 bits per heavy atom. The maximum absolute atomic E-state index is 7.47. The van der Waals surface area contributed by atoms with Gasteiger partial charge in [-0.2, -0.15) is 0 Å². The molecule has 0 aliphatic carbocycles. The summed E-state index contributed by atoms with van der Waals surface area (Å²) < 4.78 is 0. The molecule has 0 bridgehead atoms. The van der Waals surface area contributed by atoms with Gasteiger partial charge < -0.3 is 0 Å². The molecular weight excluding hydrogens is 556 g/mol. The number of rotatable bonds is 2. The monoisotopic (exact) mass is 580 g/mol. The molecule has 0 spiro atoms. The van der Waals surface area contributed by atoms with Crippen LogP contribution in [0.15, 0.2) is 146 Å². The summed E-state index contributed by atoms with van der Waals surface area (Å²) in [6, 6.07) is 52.2. The van der Waals surface area contributed by atoms with Crippen molar-refractivity contribution in [2.24, 2.45) is 0 Å². The Bertz CT molecular complexity index is 2890. The van der Waals surface area contributed by atoms with Crippen molar-refractivity contribution in [1.82, 2.24) is 4.98 Å². The van der Waals surface area contributed by atoms with Crippen molar-refractivity contribution in [2.75, 3.05) is 0 Å². The molecular formula is C44H24N2. The minimum atomic E-state index is 0.627. The Balaban J connectivity index is 1.34. The van der Waals surface area contributed by atoms with Crippen LogP contribution >= 0.6 is 0 Å². The number of hydrogen-bond donors (Lipinski definition) is 0. The molecule has 1 heterocycles. The van der Waals surface area contributed by atoms with Gasteiger partial charge in [0.25, 0.3) is 0 Å². The lowest BCUT2D eigenvalue weighted by Gasteiger charge is -2.18. The van der Waals surface area contributed by atoms with E-state index in [0.717, 1.165) is 27.5 Å². The summed E-state index contributed by atoms with van der Waals surface area (Å²) in [5, 5.41) is 16.1. The fourth-order valence-corrected chi connectivity index (χ4v) is 7.73. The zero-order valence-electron chi connectivity index (χ0n) is 24.8. The highest BCUT2D eigenvalue weighted by Crippen LogP contribution is 2.45. The second kappa shape index (κ2) is 9.35. The molecule has 1 aromatic heterocycles. The molecule has 10 rings (SSSR count). The normalized spacial score (nSPS) is 11.9. The Labute approximate surface area is 264 Å². The maximum Gasteiger partial charge on any atom is 0.187 e. The van der Waals surface area contributed by atoms with Crippen molar-refractivity contribution < 1.29 is 0 Å². The molecule has 46 heavy (non-hydrogen) atoms. The van der Waals surface area contributed by atoms with Gasteiger partial charge in [0.2, 0.25) is 0 Å². The number of nitrogens with zero attached hydrogens (tertiary/aromatic N) is 2. The molecule has 0 amide bonds. The highest BCUT2D eigenvalue weighted by Gasteiger charge is 2.19. The highest BCUT2D eigenvalue weighted by atomic mass is 14.7. The summed E-state index contributed by atoms with van der Waals surface area (Å²) >= 11 is 0. The topological polar surface area (TPSA) is 17.2 Å². The van der Waals surface area contributed by atoms with Crippen LogP contribution in [-0.4, -0.2) is 4.98 Å². The van der Waals surface area contributed by atoms with Crippen molar-refractivity contribution in [3.8, 4) is 22.4 Å². The molecule has 0 aliphatic rings. The van der Waals surface area contributed by atoms with Crippen LogP contribution in [-0.2, 0) is 0 Å². The molecule has 0 unspecified atom stereocenters. The standard InChI is InChI=1S/C44H24N2/c1-45-31-20-15-29(16-21-31)44-43-36-24-19-30(32-22-17-28-14-13-26-7-6-8-27-18-23-35(32)41(28)40(26)27)25-38(36)33-9-2-3-10-34(33)42(43)37-11-4-5-12-39(37)46-44/h2-25H. The lowest BCUT2D eigenvalue weighted by molar-refractivity contribution is 1.43. The number of aromatic nitrogens is 1. The van der Waals surface area contributed by atoms with E-state index in [4.69, 9.17) is 11.6 Å². The summed E-state index contributed by atoms with van der Waals surface area (Å²) in [7, 11) is 0. The van der Waals surface area contributed by atoms with Gasteiger partial charge in [0.15, 0.2) is 5.69 Å². The van der Waals surface area contributed by atoms with Gasteiger partial charge in [-0.05, 0) is 82.7 Å². The third-order valence-electron chi connectivity index (χ3n) is 9.78. The highest BCUT2D eigenvalue weighted by molar-refractivity contribution is 6.34. The van der Waals surface area contributed by atoms with E-state index in [1.807, 2.05) is 24.3 Å². The summed E-state index contributed by atoms with van der Waals surface area (Å²) in [5.41, 5.74) is 5.98. The first kappa shape index (κ1) is 25.1. The lowest BCUT2D eigenvalue weighted by atomic mass is 9.87. The minimum absolute atomic E-state index is 0.627. The van der Waals surface area contributed by atoms with Gasteiger partial charge in [0.1, 0.15) is 0 Å². The number of benzene rings is 9. The Kier molecular flexibility index (Phi) is 5.10. The quantitative estimate of drug-likeness (QED) is 0.147. The number of fused-ring (bicyclic) bond motifs is 8. The molecule has 0 fully saturated rings. The van der Waals surface area contributed by atoms with Gasteiger partial charge in [-0.3, -0.25) is 0 Å². The summed E-state index contributed by atoms with van der Waals surface area (Å²) in [5.74, 6) is 0. The van der Waals surface area contributed by atoms with E-state index in [9.17, 15) is 0 Å². The molecule has 0 atom stereocenters. The van der Waals surface area contributed by atoms with E-state index in [-0.39, 0.29) is 0 Å². The average molecular weight is 581 g/mol. The second-order valence-electron chi connectivity index (χ2n) is 12.2. The molecule has 210 valence electrons. The molecule has 0 saturated heterocycles. The van der Waals surface area contributed by atoms with Crippen LogP contribution in [0.1, 0.15) is 0 Å². The maximum atomic E-state index is 7.47. The van der Waals surface area contributed by atoms with Gasteiger partial charge in [0, 0.05) is 16.2 Å². The lowest BCUT2D eigenvalue weighted by Crippen LogP contribution is -1.93. The average Bonchev–Trinajstić information content (AvgIpc) is 3.13. The fourth-order valence-electron chi connectivity index (χ4n) is 7.73. The van der Waals surface area contributed by atoms with Crippen LogP contribution in [0, 0.1) is 6.57 Å². The van der Waals surface area contributed by atoms with Gasteiger partial charge in [-0.1, -0.05) is 133 Å². The van der Waals surface area contributed by atoms with E-state index in [1.54, 1.807) is 0 Å². The first-order chi connectivity index (χ1) is 22.8. The van der Waals surface area contributed by atoms with Crippen molar-refractivity contribution >= 4 is 81.2 Å². The molecule has 9 aromatic carbocycles. The van der Waals surface area contributed by atoms with E-state index < -0.39 is 0 Å². The summed E-state index contributed by atoms with van der Waals surface area (Å²) in [6.07, 6.45) is 0. The zero-order valence-corrected chi connectivity index (χ0v) is 24.8. The first-order valence-electron chi connectivity index (χ1n) is 15.6. The van der Waals surface area contributed by atoms with Crippen LogP contribution in [0.3, 0.4) is 0 Å². The van der Waals surface area contributed by atoms with E-state index in [2.05, 4.69) is 126 Å². The number of para-hydroxylation sites is 1. The number of hydrogen-bond acceptors (Lipinski definition) is 1. The van der Waals surface area contributed by atoms with Crippen LogP contribution in [0.25, 0.3) is 103 Å². The van der Waals surface area contributed by atoms with Gasteiger partial charge in [-0.25, -0.2) is 9.83 Å². The molecule has 10 aromatic rings. The smallest absolute Gasteiger partial charge is 0.187 e. The Hall–Kier alpha value is -6.30. The zero-order chi connectivity index (χ0) is 30.4. The van der Waals surface area contributed by atoms with Gasteiger partial charge in [0.05, 0.1) is 17.8 Å².